The van der Waals surface area contributed by atoms with E-state index in [0.29, 0.717) is 12.8 Å². The van der Waals surface area contributed by atoms with E-state index in [1.807, 2.05) is 43.4 Å². The van der Waals surface area contributed by atoms with Gasteiger partial charge in [-0.1, -0.05) is 25.5 Å². The van der Waals surface area contributed by atoms with E-state index in [-0.39, 0.29) is 5.92 Å². The van der Waals surface area contributed by atoms with Gasteiger partial charge in [0.05, 0.1) is 24.3 Å². The van der Waals surface area contributed by atoms with E-state index in [9.17, 15) is 21.0 Å². The summed E-state index contributed by atoms with van der Waals surface area (Å²) in [7, 11) is 0. The van der Waals surface area contributed by atoms with E-state index in [1.165, 1.54) is 0 Å². The van der Waals surface area contributed by atoms with Crippen LogP contribution in [0.4, 0.5) is 0 Å². The first-order chi connectivity index (χ1) is 8.62. The molecule has 0 aromatic carbocycles. The molecule has 0 saturated heterocycles. The molecule has 1 fully saturated rings. The standard InChI is InChI=1S/C14H12N4/c1-2-4-12-5-3-11(6-12)13(7-15,8-16)14(12,9-17)10-18/h3,5,11H,2,4,6H2,1H3. The maximum absolute atomic E-state index is 9.52. The first-order valence-electron chi connectivity index (χ1n) is 5.96. The van der Waals surface area contributed by atoms with Crippen molar-refractivity contribution in [2.75, 3.05) is 0 Å². The molecule has 0 N–H and O–H groups in total. The Labute approximate surface area is 106 Å². The summed E-state index contributed by atoms with van der Waals surface area (Å²) < 4.78 is 0. The summed E-state index contributed by atoms with van der Waals surface area (Å²) in [4.78, 5) is 0. The monoisotopic (exact) mass is 236 g/mol. The molecule has 4 heteroatoms. The summed E-state index contributed by atoms with van der Waals surface area (Å²) in [6.45, 7) is 1.98. The van der Waals surface area contributed by atoms with Crippen molar-refractivity contribution in [3.63, 3.8) is 0 Å². The Bertz CT molecular complexity index is 547. The Morgan fingerprint density at radius 1 is 1.11 bits per heavy atom. The van der Waals surface area contributed by atoms with Gasteiger partial charge in [-0.3, -0.25) is 0 Å². The first-order valence-corrected chi connectivity index (χ1v) is 5.96. The maximum atomic E-state index is 9.52. The van der Waals surface area contributed by atoms with E-state index in [2.05, 4.69) is 0 Å². The van der Waals surface area contributed by atoms with Gasteiger partial charge in [0, 0.05) is 11.3 Å². The molecule has 2 aliphatic carbocycles. The van der Waals surface area contributed by atoms with Crippen molar-refractivity contribution in [3.8, 4) is 24.3 Å². The molecule has 18 heavy (non-hydrogen) atoms. The summed E-state index contributed by atoms with van der Waals surface area (Å²) in [5, 5.41) is 37.9. The van der Waals surface area contributed by atoms with Gasteiger partial charge in [-0.15, -0.1) is 0 Å². The van der Waals surface area contributed by atoms with Crippen molar-refractivity contribution in [2.45, 2.75) is 26.2 Å². The quantitative estimate of drug-likeness (QED) is 0.688. The molecular formula is C14H12N4. The van der Waals surface area contributed by atoms with Gasteiger partial charge < -0.3 is 0 Å². The molecule has 2 aliphatic rings. The Morgan fingerprint density at radius 2 is 1.72 bits per heavy atom. The molecule has 1 saturated carbocycles. The van der Waals surface area contributed by atoms with Gasteiger partial charge in [-0.2, -0.15) is 21.0 Å². The predicted octanol–water partition coefficient (Wildman–Crippen LogP) is 2.43. The third-order valence-electron chi connectivity index (χ3n) is 4.51. The van der Waals surface area contributed by atoms with Gasteiger partial charge in [-0.05, 0) is 12.8 Å². The molecular weight excluding hydrogens is 224 g/mol. The molecule has 0 spiro atoms. The van der Waals surface area contributed by atoms with Crippen LogP contribution in [-0.4, -0.2) is 0 Å². The first kappa shape index (κ1) is 12.2. The smallest absolute Gasteiger partial charge is 0.184 e. The third-order valence-corrected chi connectivity index (χ3v) is 4.51. The van der Waals surface area contributed by atoms with Crippen molar-refractivity contribution >= 4 is 0 Å². The lowest BCUT2D eigenvalue weighted by molar-refractivity contribution is 0.174. The number of nitriles is 4. The van der Waals surface area contributed by atoms with E-state index >= 15 is 0 Å². The van der Waals surface area contributed by atoms with Crippen molar-refractivity contribution in [1.82, 2.24) is 0 Å². The lowest BCUT2D eigenvalue weighted by atomic mass is 9.54. The molecule has 2 atom stereocenters. The molecule has 0 heterocycles. The third kappa shape index (κ3) is 0.932. The topological polar surface area (TPSA) is 95.2 Å². The largest absolute Gasteiger partial charge is 0.196 e. The van der Waals surface area contributed by atoms with Crippen LogP contribution in [0.5, 0.6) is 0 Å². The van der Waals surface area contributed by atoms with E-state index in [4.69, 9.17) is 0 Å². The van der Waals surface area contributed by atoms with Gasteiger partial charge in [0.2, 0.25) is 0 Å². The summed E-state index contributed by atoms with van der Waals surface area (Å²) in [6.07, 6.45) is 5.76. The van der Waals surface area contributed by atoms with Crippen molar-refractivity contribution in [1.29, 1.82) is 21.0 Å². The van der Waals surface area contributed by atoms with Crippen LogP contribution < -0.4 is 0 Å². The minimum atomic E-state index is -1.54. The molecule has 2 unspecified atom stereocenters. The van der Waals surface area contributed by atoms with Gasteiger partial charge in [-0.25, -0.2) is 0 Å². The summed E-state index contributed by atoms with van der Waals surface area (Å²) >= 11 is 0. The fourth-order valence-electron chi connectivity index (χ4n) is 3.68. The molecule has 0 radical (unpaired) electrons. The molecule has 0 aromatic rings. The highest BCUT2D eigenvalue weighted by molar-refractivity contribution is 5.49. The molecule has 0 aliphatic heterocycles. The number of hydrogen-bond acceptors (Lipinski definition) is 4. The normalized spacial score (nSPS) is 33.1. The molecule has 2 rings (SSSR count). The van der Waals surface area contributed by atoms with E-state index < -0.39 is 16.2 Å². The minimum absolute atomic E-state index is 0.307. The SMILES string of the molecule is CCCC12C=CC(C1)C(C#N)(C#N)C2(C#N)C#N. The van der Waals surface area contributed by atoms with Crippen LogP contribution in [-0.2, 0) is 0 Å². The van der Waals surface area contributed by atoms with Gasteiger partial charge in [0.15, 0.2) is 10.8 Å². The van der Waals surface area contributed by atoms with Crippen molar-refractivity contribution < 1.29 is 0 Å². The Kier molecular flexibility index (Phi) is 2.43. The van der Waals surface area contributed by atoms with Crippen LogP contribution in [0.1, 0.15) is 26.2 Å². The van der Waals surface area contributed by atoms with Gasteiger partial charge >= 0.3 is 0 Å². The summed E-state index contributed by atoms with van der Waals surface area (Å²) in [5.74, 6) is -0.307. The second-order valence-electron chi connectivity index (χ2n) is 5.08. The van der Waals surface area contributed by atoms with Crippen LogP contribution in [0.2, 0.25) is 0 Å². The van der Waals surface area contributed by atoms with Crippen LogP contribution in [0.15, 0.2) is 12.2 Å². The number of allylic oxidation sites excluding steroid dienone is 2. The van der Waals surface area contributed by atoms with Crippen LogP contribution in [0.3, 0.4) is 0 Å². The molecule has 4 nitrogen and oxygen atoms in total. The number of rotatable bonds is 2. The van der Waals surface area contributed by atoms with E-state index in [1.54, 1.807) is 0 Å². The lowest BCUT2D eigenvalue weighted by Gasteiger charge is -2.39. The molecule has 0 amide bonds. The Hall–Kier alpha value is -2.30. The van der Waals surface area contributed by atoms with E-state index in [0.717, 1.165) is 6.42 Å². The minimum Gasteiger partial charge on any atom is -0.196 e. The number of fused-ring (bicyclic) bond motifs is 2. The van der Waals surface area contributed by atoms with Crippen LogP contribution in [0.25, 0.3) is 0 Å². The summed E-state index contributed by atoms with van der Waals surface area (Å²) in [5.41, 5.74) is -3.71. The zero-order valence-electron chi connectivity index (χ0n) is 10.1. The Balaban J connectivity index is 2.75. The number of nitrogens with zero attached hydrogens (tertiary/aromatic N) is 4. The lowest BCUT2D eigenvalue weighted by Crippen LogP contribution is -2.46. The fourth-order valence-corrected chi connectivity index (χ4v) is 3.68. The zero-order valence-corrected chi connectivity index (χ0v) is 10.1. The molecule has 88 valence electrons. The molecule has 0 aromatic heterocycles. The highest BCUT2D eigenvalue weighted by atomic mass is 14.7. The average molecular weight is 236 g/mol. The number of hydrogen-bond donors (Lipinski definition) is 0. The van der Waals surface area contributed by atoms with Gasteiger partial charge in [0.1, 0.15) is 0 Å². The highest BCUT2D eigenvalue weighted by Gasteiger charge is 2.75. The van der Waals surface area contributed by atoms with Crippen LogP contribution in [0, 0.1) is 67.5 Å². The second kappa shape index (κ2) is 3.60. The maximum Gasteiger partial charge on any atom is 0.184 e. The molecule has 2 bridgehead atoms. The van der Waals surface area contributed by atoms with Crippen LogP contribution >= 0.6 is 0 Å². The fraction of sp³-hybridized carbons (Fsp3) is 0.571. The second-order valence-corrected chi connectivity index (χ2v) is 5.08. The van der Waals surface area contributed by atoms with Crippen molar-refractivity contribution in [2.24, 2.45) is 22.2 Å². The van der Waals surface area contributed by atoms with Crippen molar-refractivity contribution in [3.05, 3.63) is 12.2 Å². The predicted molar refractivity (Wildman–Crippen MR) is 61.9 cm³/mol. The average Bonchev–Trinajstić information content (AvgIpc) is 2.91. The Morgan fingerprint density at radius 3 is 2.17 bits per heavy atom. The summed E-state index contributed by atoms with van der Waals surface area (Å²) in [6, 6.07) is 7.99. The van der Waals surface area contributed by atoms with Gasteiger partial charge in [0.25, 0.3) is 0 Å². The highest BCUT2D eigenvalue weighted by Crippen LogP contribution is 2.70. The zero-order chi connectivity index (χ0) is 13.4.